The summed E-state index contributed by atoms with van der Waals surface area (Å²) in [5, 5.41) is 1.32. The molecular weight excluding hydrogens is 304 g/mol. The zero-order chi connectivity index (χ0) is 16.1. The predicted molar refractivity (Wildman–Crippen MR) is 97.8 cm³/mol. The lowest BCUT2D eigenvalue weighted by atomic mass is 9.76. The Bertz CT molecular complexity index is 572. The molecule has 0 aromatic heterocycles. The lowest BCUT2D eigenvalue weighted by molar-refractivity contribution is -0.133. The van der Waals surface area contributed by atoms with E-state index in [-0.39, 0.29) is 5.41 Å². The molecule has 1 aromatic rings. The van der Waals surface area contributed by atoms with Gasteiger partial charge >= 0.3 is 0 Å². The molecular formula is C19H26N2OS. The van der Waals surface area contributed by atoms with E-state index in [2.05, 4.69) is 19.1 Å². The standard InChI is InChI=1S/C19H26N2OS/c1-2-19(18-20-12-14-23-18)10-6-13-21(17(22)9-11-19)15-16-7-4-3-5-8-16/h3-5,7-8H,2,6,9-15H2,1H3/t19-/m0/s1. The summed E-state index contributed by atoms with van der Waals surface area (Å²) < 4.78 is 0. The largest absolute Gasteiger partial charge is 0.338 e. The number of rotatable bonds is 4. The Kier molecular flexibility index (Phi) is 5.42. The lowest BCUT2D eigenvalue weighted by Gasteiger charge is -2.37. The van der Waals surface area contributed by atoms with Crippen LogP contribution < -0.4 is 0 Å². The summed E-state index contributed by atoms with van der Waals surface area (Å²) in [5.74, 6) is 1.42. The summed E-state index contributed by atoms with van der Waals surface area (Å²) >= 11 is 1.92. The third-order valence-electron chi connectivity index (χ3n) is 5.19. The van der Waals surface area contributed by atoms with Gasteiger partial charge in [0, 0.05) is 37.2 Å². The molecule has 2 aliphatic heterocycles. The molecule has 1 fully saturated rings. The highest BCUT2D eigenvalue weighted by molar-refractivity contribution is 8.14. The number of hydrogen-bond acceptors (Lipinski definition) is 3. The maximum Gasteiger partial charge on any atom is 0.222 e. The number of carbonyl (C=O) groups excluding carboxylic acids is 1. The Morgan fingerprint density at radius 2 is 2.09 bits per heavy atom. The Balaban J connectivity index is 1.67. The number of thioether (sulfide) groups is 1. The van der Waals surface area contributed by atoms with Crippen molar-refractivity contribution in [1.29, 1.82) is 0 Å². The summed E-state index contributed by atoms with van der Waals surface area (Å²) in [6.45, 7) is 4.83. The van der Waals surface area contributed by atoms with Crippen molar-refractivity contribution in [3.05, 3.63) is 35.9 Å². The maximum absolute atomic E-state index is 12.7. The first-order valence-corrected chi connectivity index (χ1v) is 9.71. The van der Waals surface area contributed by atoms with Crippen LogP contribution in [0.5, 0.6) is 0 Å². The highest BCUT2D eigenvalue weighted by Gasteiger charge is 2.37. The van der Waals surface area contributed by atoms with Gasteiger partial charge in [-0.1, -0.05) is 37.3 Å². The van der Waals surface area contributed by atoms with Crippen LogP contribution in [0.15, 0.2) is 35.3 Å². The molecule has 1 aromatic carbocycles. The average Bonchev–Trinajstić information content (AvgIpc) is 3.11. The van der Waals surface area contributed by atoms with Gasteiger partial charge in [-0.3, -0.25) is 9.79 Å². The third kappa shape index (κ3) is 3.79. The number of carbonyl (C=O) groups is 1. The molecule has 2 aliphatic rings. The van der Waals surface area contributed by atoms with E-state index in [1.54, 1.807) is 0 Å². The van der Waals surface area contributed by atoms with Gasteiger partial charge in [0.15, 0.2) is 0 Å². The van der Waals surface area contributed by atoms with E-state index in [1.807, 2.05) is 34.9 Å². The van der Waals surface area contributed by atoms with Crippen molar-refractivity contribution in [2.45, 2.75) is 45.6 Å². The fourth-order valence-corrected chi connectivity index (χ4v) is 4.92. The van der Waals surface area contributed by atoms with E-state index in [9.17, 15) is 4.79 Å². The topological polar surface area (TPSA) is 32.7 Å². The van der Waals surface area contributed by atoms with Crippen LogP contribution >= 0.6 is 11.8 Å². The number of nitrogens with zero attached hydrogens (tertiary/aromatic N) is 2. The van der Waals surface area contributed by atoms with Crippen LogP contribution in [-0.2, 0) is 11.3 Å². The summed E-state index contributed by atoms with van der Waals surface area (Å²) in [5.41, 5.74) is 1.38. The number of amides is 1. The number of benzene rings is 1. The molecule has 0 N–H and O–H groups in total. The van der Waals surface area contributed by atoms with E-state index in [0.29, 0.717) is 12.3 Å². The zero-order valence-corrected chi connectivity index (χ0v) is 14.8. The van der Waals surface area contributed by atoms with Crippen molar-refractivity contribution in [1.82, 2.24) is 4.90 Å². The fraction of sp³-hybridized carbons (Fsp3) is 0.579. The van der Waals surface area contributed by atoms with Gasteiger partial charge in [0.1, 0.15) is 0 Å². The van der Waals surface area contributed by atoms with Gasteiger partial charge in [-0.15, -0.1) is 11.8 Å². The number of aliphatic imine (C=N–C) groups is 1. The Hall–Kier alpha value is -1.29. The zero-order valence-electron chi connectivity index (χ0n) is 14.0. The SMILES string of the molecule is CC[C@]1(C2=NCCS2)CCCN(Cc2ccccc2)C(=O)CC1. The molecule has 4 heteroatoms. The van der Waals surface area contributed by atoms with Gasteiger partial charge in [0.25, 0.3) is 0 Å². The molecule has 1 saturated heterocycles. The van der Waals surface area contributed by atoms with Gasteiger partial charge in [0.2, 0.25) is 5.91 Å². The normalized spacial score (nSPS) is 25.9. The van der Waals surface area contributed by atoms with E-state index >= 15 is 0 Å². The minimum Gasteiger partial charge on any atom is -0.338 e. The van der Waals surface area contributed by atoms with Crippen LogP contribution in [0.1, 0.15) is 44.6 Å². The molecule has 0 bridgehead atoms. The van der Waals surface area contributed by atoms with Gasteiger partial charge in [-0.2, -0.15) is 0 Å². The van der Waals surface area contributed by atoms with Crippen LogP contribution in [0.2, 0.25) is 0 Å². The summed E-state index contributed by atoms with van der Waals surface area (Å²) in [6.07, 6.45) is 4.95. The smallest absolute Gasteiger partial charge is 0.222 e. The van der Waals surface area contributed by atoms with Gasteiger partial charge < -0.3 is 4.90 Å². The second kappa shape index (κ2) is 7.52. The molecule has 0 aliphatic carbocycles. The Morgan fingerprint density at radius 1 is 1.26 bits per heavy atom. The molecule has 23 heavy (non-hydrogen) atoms. The molecule has 0 unspecified atom stereocenters. The Morgan fingerprint density at radius 3 is 2.78 bits per heavy atom. The molecule has 1 atom stereocenters. The molecule has 0 spiro atoms. The first-order chi connectivity index (χ1) is 11.2. The predicted octanol–water partition coefficient (Wildman–Crippen LogP) is 4.13. The van der Waals surface area contributed by atoms with Crippen molar-refractivity contribution < 1.29 is 4.79 Å². The van der Waals surface area contributed by atoms with E-state index in [4.69, 9.17) is 4.99 Å². The van der Waals surface area contributed by atoms with Crippen molar-refractivity contribution in [3.8, 4) is 0 Å². The number of likely N-dealkylation sites (tertiary alicyclic amines) is 1. The van der Waals surface area contributed by atoms with Crippen molar-refractivity contribution >= 4 is 22.7 Å². The highest BCUT2D eigenvalue weighted by Crippen LogP contribution is 2.42. The highest BCUT2D eigenvalue weighted by atomic mass is 32.2. The molecule has 3 nitrogen and oxygen atoms in total. The van der Waals surface area contributed by atoms with Gasteiger partial charge in [-0.05, 0) is 31.2 Å². The Labute approximate surface area is 143 Å². The fourth-order valence-electron chi connectivity index (χ4n) is 3.71. The minimum atomic E-state index is 0.162. The molecule has 0 saturated carbocycles. The molecule has 1 amide bonds. The number of hydrogen-bond donors (Lipinski definition) is 0. The van der Waals surface area contributed by atoms with E-state index in [1.165, 1.54) is 10.6 Å². The van der Waals surface area contributed by atoms with Gasteiger partial charge in [-0.25, -0.2) is 0 Å². The third-order valence-corrected chi connectivity index (χ3v) is 6.41. The molecule has 0 radical (unpaired) electrons. The van der Waals surface area contributed by atoms with E-state index in [0.717, 1.165) is 51.1 Å². The van der Waals surface area contributed by atoms with Crippen molar-refractivity contribution in [2.24, 2.45) is 10.4 Å². The second-order valence-corrected chi connectivity index (χ2v) is 7.66. The molecule has 124 valence electrons. The lowest BCUT2D eigenvalue weighted by Crippen LogP contribution is -2.38. The monoisotopic (exact) mass is 330 g/mol. The van der Waals surface area contributed by atoms with Crippen LogP contribution in [-0.4, -0.2) is 34.7 Å². The van der Waals surface area contributed by atoms with Crippen LogP contribution in [0, 0.1) is 5.41 Å². The quantitative estimate of drug-likeness (QED) is 0.831. The second-order valence-electron chi connectivity index (χ2n) is 6.57. The first-order valence-electron chi connectivity index (χ1n) is 8.73. The molecule has 3 rings (SSSR count). The van der Waals surface area contributed by atoms with Crippen molar-refractivity contribution in [2.75, 3.05) is 18.8 Å². The average molecular weight is 330 g/mol. The van der Waals surface area contributed by atoms with Crippen LogP contribution in [0.3, 0.4) is 0 Å². The summed E-state index contributed by atoms with van der Waals surface area (Å²) in [6, 6.07) is 10.3. The first kappa shape index (κ1) is 16.6. The van der Waals surface area contributed by atoms with E-state index < -0.39 is 0 Å². The maximum atomic E-state index is 12.7. The van der Waals surface area contributed by atoms with Crippen LogP contribution in [0.25, 0.3) is 0 Å². The minimum absolute atomic E-state index is 0.162. The van der Waals surface area contributed by atoms with Gasteiger partial charge in [0.05, 0.1) is 5.04 Å². The van der Waals surface area contributed by atoms with Crippen molar-refractivity contribution in [3.63, 3.8) is 0 Å². The van der Waals surface area contributed by atoms with Crippen LogP contribution in [0.4, 0.5) is 0 Å². The molecule has 2 heterocycles. The summed E-state index contributed by atoms with van der Waals surface area (Å²) in [7, 11) is 0. The summed E-state index contributed by atoms with van der Waals surface area (Å²) in [4.78, 5) is 19.5.